The number of hydrogen-bond donors (Lipinski definition) is 1. The average molecular weight is 277 g/mol. The molecule has 108 valence electrons. The van der Waals surface area contributed by atoms with Gasteiger partial charge in [-0.2, -0.15) is 0 Å². The number of benzene rings is 1. The smallest absolute Gasteiger partial charge is 0.254 e. The molecule has 1 saturated heterocycles. The summed E-state index contributed by atoms with van der Waals surface area (Å²) in [4.78, 5) is 27.1. The van der Waals surface area contributed by atoms with Crippen LogP contribution < -0.4 is 10.5 Å². The van der Waals surface area contributed by atoms with Crippen LogP contribution in [-0.4, -0.2) is 54.9 Å². The van der Waals surface area contributed by atoms with E-state index in [4.69, 9.17) is 10.5 Å². The fraction of sp³-hybridized carbons (Fsp3) is 0.429. The normalized spacial score (nSPS) is 15.1. The van der Waals surface area contributed by atoms with Crippen molar-refractivity contribution in [1.82, 2.24) is 9.80 Å². The minimum atomic E-state index is -0.0844. The maximum Gasteiger partial charge on any atom is 0.254 e. The van der Waals surface area contributed by atoms with Gasteiger partial charge in [-0.05, 0) is 12.1 Å². The predicted molar refractivity (Wildman–Crippen MR) is 75.6 cm³/mol. The first-order valence-electron chi connectivity index (χ1n) is 6.50. The van der Waals surface area contributed by atoms with Crippen molar-refractivity contribution in [3.05, 3.63) is 23.8 Å². The van der Waals surface area contributed by atoms with Gasteiger partial charge < -0.3 is 20.3 Å². The van der Waals surface area contributed by atoms with Crippen molar-refractivity contribution in [3.8, 4) is 5.75 Å². The van der Waals surface area contributed by atoms with E-state index in [1.807, 2.05) is 0 Å². The summed E-state index contributed by atoms with van der Waals surface area (Å²) in [6, 6.07) is 4.99. The second-order valence-corrected chi connectivity index (χ2v) is 4.79. The fourth-order valence-electron chi connectivity index (χ4n) is 2.27. The zero-order chi connectivity index (χ0) is 14.7. The molecule has 0 saturated carbocycles. The summed E-state index contributed by atoms with van der Waals surface area (Å²) in [5.74, 6) is 0.525. The molecule has 6 heteroatoms. The number of nitrogens with two attached hydrogens (primary N) is 1. The third kappa shape index (κ3) is 3.01. The van der Waals surface area contributed by atoms with Crippen LogP contribution in [0.3, 0.4) is 0 Å². The van der Waals surface area contributed by atoms with Crippen LogP contribution in [-0.2, 0) is 4.79 Å². The third-order valence-corrected chi connectivity index (χ3v) is 3.42. The number of anilines is 1. The van der Waals surface area contributed by atoms with E-state index < -0.39 is 0 Å². The summed E-state index contributed by atoms with van der Waals surface area (Å²) in [7, 11) is 1.54. The second-order valence-electron chi connectivity index (χ2n) is 4.79. The maximum atomic E-state index is 12.4. The van der Waals surface area contributed by atoms with E-state index in [0.717, 1.165) is 0 Å². The van der Waals surface area contributed by atoms with Gasteiger partial charge in [0.05, 0.1) is 7.11 Å². The summed E-state index contributed by atoms with van der Waals surface area (Å²) in [5.41, 5.74) is 6.77. The number of methoxy groups -OCH3 is 1. The van der Waals surface area contributed by atoms with Crippen LogP contribution in [0.4, 0.5) is 5.69 Å². The Labute approximate surface area is 118 Å². The second kappa shape index (κ2) is 5.81. The summed E-state index contributed by atoms with van der Waals surface area (Å²) >= 11 is 0. The molecule has 0 radical (unpaired) electrons. The van der Waals surface area contributed by atoms with Crippen molar-refractivity contribution in [2.75, 3.05) is 39.0 Å². The van der Waals surface area contributed by atoms with Crippen LogP contribution in [0.1, 0.15) is 17.3 Å². The number of carbonyl (C=O) groups is 2. The van der Waals surface area contributed by atoms with Gasteiger partial charge in [-0.3, -0.25) is 9.59 Å². The van der Waals surface area contributed by atoms with Crippen LogP contribution >= 0.6 is 0 Å². The van der Waals surface area contributed by atoms with Gasteiger partial charge in [0.25, 0.3) is 5.91 Å². The first kappa shape index (κ1) is 14.2. The molecule has 1 fully saturated rings. The number of piperazine rings is 1. The molecule has 1 aromatic rings. The van der Waals surface area contributed by atoms with E-state index in [0.29, 0.717) is 43.2 Å². The fourth-order valence-corrected chi connectivity index (χ4v) is 2.27. The SMILES string of the molecule is COc1cc(N)cc(C(=O)N2CCN(C(C)=O)CC2)c1. The van der Waals surface area contributed by atoms with E-state index in [9.17, 15) is 9.59 Å². The zero-order valence-corrected chi connectivity index (χ0v) is 11.8. The summed E-state index contributed by atoms with van der Waals surface area (Å²) in [6.45, 7) is 3.76. The molecule has 2 rings (SSSR count). The topological polar surface area (TPSA) is 75.9 Å². The summed E-state index contributed by atoms with van der Waals surface area (Å²) in [6.07, 6.45) is 0. The van der Waals surface area contributed by atoms with Crippen LogP contribution in [0.2, 0.25) is 0 Å². The molecule has 1 aliphatic rings. The quantitative estimate of drug-likeness (QED) is 0.802. The van der Waals surface area contributed by atoms with Gasteiger partial charge in [-0.15, -0.1) is 0 Å². The number of nitrogen functional groups attached to an aromatic ring is 1. The lowest BCUT2D eigenvalue weighted by atomic mass is 10.1. The van der Waals surface area contributed by atoms with E-state index in [2.05, 4.69) is 0 Å². The predicted octanol–water partition coefficient (Wildman–Crippen LogP) is 0.582. The van der Waals surface area contributed by atoms with Crippen molar-refractivity contribution in [2.45, 2.75) is 6.92 Å². The first-order valence-corrected chi connectivity index (χ1v) is 6.50. The van der Waals surface area contributed by atoms with Crippen LogP contribution in [0.5, 0.6) is 5.75 Å². The molecule has 20 heavy (non-hydrogen) atoms. The third-order valence-electron chi connectivity index (χ3n) is 3.42. The van der Waals surface area contributed by atoms with Crippen molar-refractivity contribution in [1.29, 1.82) is 0 Å². The Morgan fingerprint density at radius 3 is 2.25 bits per heavy atom. The average Bonchev–Trinajstić information content (AvgIpc) is 2.45. The van der Waals surface area contributed by atoms with E-state index in [-0.39, 0.29) is 11.8 Å². The standard InChI is InChI=1S/C14H19N3O3/c1-10(18)16-3-5-17(6-4-16)14(19)11-7-12(15)9-13(8-11)20-2/h7-9H,3-6,15H2,1-2H3. The molecule has 0 aliphatic carbocycles. The van der Waals surface area contributed by atoms with Crippen molar-refractivity contribution in [2.24, 2.45) is 0 Å². The van der Waals surface area contributed by atoms with Crippen LogP contribution in [0.15, 0.2) is 18.2 Å². The summed E-state index contributed by atoms with van der Waals surface area (Å²) in [5, 5.41) is 0. The van der Waals surface area contributed by atoms with Gasteiger partial charge in [-0.25, -0.2) is 0 Å². The Bertz CT molecular complexity index is 522. The van der Waals surface area contributed by atoms with Crippen molar-refractivity contribution in [3.63, 3.8) is 0 Å². The molecule has 2 N–H and O–H groups in total. The molecular weight excluding hydrogens is 258 g/mol. The molecule has 0 atom stereocenters. The van der Waals surface area contributed by atoms with Gasteiger partial charge >= 0.3 is 0 Å². The highest BCUT2D eigenvalue weighted by molar-refractivity contribution is 5.95. The zero-order valence-electron chi connectivity index (χ0n) is 11.8. The molecular formula is C14H19N3O3. The minimum absolute atomic E-state index is 0.0442. The van der Waals surface area contributed by atoms with Gasteiger partial charge in [0, 0.05) is 50.4 Å². The minimum Gasteiger partial charge on any atom is -0.497 e. The Morgan fingerprint density at radius 1 is 1.10 bits per heavy atom. The molecule has 0 unspecified atom stereocenters. The molecule has 0 bridgehead atoms. The Hall–Kier alpha value is -2.24. The van der Waals surface area contributed by atoms with Gasteiger partial charge in [-0.1, -0.05) is 0 Å². The van der Waals surface area contributed by atoms with Gasteiger partial charge in [0.1, 0.15) is 5.75 Å². The number of carbonyl (C=O) groups excluding carboxylic acids is 2. The van der Waals surface area contributed by atoms with E-state index in [1.54, 1.807) is 34.9 Å². The lowest BCUT2D eigenvalue weighted by Crippen LogP contribution is -2.50. The lowest BCUT2D eigenvalue weighted by Gasteiger charge is -2.34. The molecule has 1 aromatic carbocycles. The van der Waals surface area contributed by atoms with Gasteiger partial charge in [0.2, 0.25) is 5.91 Å². The Kier molecular flexibility index (Phi) is 4.12. The number of ether oxygens (including phenoxy) is 1. The van der Waals surface area contributed by atoms with Crippen molar-refractivity contribution >= 4 is 17.5 Å². The van der Waals surface area contributed by atoms with Crippen LogP contribution in [0.25, 0.3) is 0 Å². The Morgan fingerprint density at radius 2 is 1.70 bits per heavy atom. The summed E-state index contributed by atoms with van der Waals surface area (Å²) < 4.78 is 5.12. The number of hydrogen-bond acceptors (Lipinski definition) is 4. The van der Waals surface area contributed by atoms with Crippen molar-refractivity contribution < 1.29 is 14.3 Å². The molecule has 6 nitrogen and oxygen atoms in total. The number of nitrogens with zero attached hydrogens (tertiary/aromatic N) is 2. The number of rotatable bonds is 2. The molecule has 1 heterocycles. The van der Waals surface area contributed by atoms with Gasteiger partial charge in [0.15, 0.2) is 0 Å². The molecule has 0 spiro atoms. The van der Waals surface area contributed by atoms with E-state index in [1.165, 1.54) is 7.11 Å². The lowest BCUT2D eigenvalue weighted by molar-refractivity contribution is -0.130. The Balaban J connectivity index is 2.09. The monoisotopic (exact) mass is 277 g/mol. The maximum absolute atomic E-state index is 12.4. The molecule has 2 amide bonds. The highest BCUT2D eigenvalue weighted by atomic mass is 16.5. The molecule has 1 aliphatic heterocycles. The first-order chi connectivity index (χ1) is 9.51. The highest BCUT2D eigenvalue weighted by Crippen LogP contribution is 2.20. The largest absolute Gasteiger partial charge is 0.497 e. The van der Waals surface area contributed by atoms with Crippen LogP contribution in [0, 0.1) is 0 Å². The molecule has 0 aromatic heterocycles. The highest BCUT2D eigenvalue weighted by Gasteiger charge is 2.23. The van der Waals surface area contributed by atoms with E-state index >= 15 is 0 Å². The number of amides is 2.